The van der Waals surface area contributed by atoms with Crippen molar-refractivity contribution in [3.05, 3.63) is 34.9 Å². The van der Waals surface area contributed by atoms with E-state index in [1.165, 1.54) is 6.92 Å². The summed E-state index contributed by atoms with van der Waals surface area (Å²) in [7, 11) is 0. The molecule has 4 aliphatic carbocycles. The summed E-state index contributed by atoms with van der Waals surface area (Å²) < 4.78 is 11.8. The predicted octanol–water partition coefficient (Wildman–Crippen LogP) is 5.79. The number of Topliss-reactive ketones (excluding diaryl/α,β-unsaturated/α-hetero) is 1. The highest BCUT2D eigenvalue weighted by Crippen LogP contribution is 2.73. The van der Waals surface area contributed by atoms with Crippen LogP contribution in [0, 0.1) is 39.9 Å². The zero-order valence-electron chi connectivity index (χ0n) is 26.2. The molecule has 0 amide bonds. The Morgan fingerprint density at radius 3 is 2.31 bits per heavy atom. The number of fused-ring (bicyclic) bond motifs is 5. The van der Waals surface area contributed by atoms with E-state index < -0.39 is 58.2 Å². The van der Waals surface area contributed by atoms with Gasteiger partial charge in [0.25, 0.3) is 0 Å². The molecule has 3 fully saturated rings. The topological polar surface area (TPSA) is 124 Å². The molecular weight excluding hydrogens is 536 g/mol. The zero-order valence-corrected chi connectivity index (χ0v) is 26.2. The molecule has 0 aromatic heterocycles. The molecule has 42 heavy (non-hydrogen) atoms. The maximum Gasteiger partial charge on any atom is 0.331 e. The van der Waals surface area contributed by atoms with Gasteiger partial charge in [-0.25, -0.2) is 4.79 Å². The van der Waals surface area contributed by atoms with Gasteiger partial charge >= 0.3 is 17.9 Å². The molecular formula is C34H46O8. The third-order valence-electron chi connectivity index (χ3n) is 11.3. The molecule has 0 aromatic rings. The minimum absolute atomic E-state index is 0.0916. The van der Waals surface area contributed by atoms with Crippen molar-refractivity contribution in [3.63, 3.8) is 0 Å². The van der Waals surface area contributed by atoms with Crippen LogP contribution in [0.3, 0.4) is 0 Å². The second-order valence-electron chi connectivity index (χ2n) is 13.7. The van der Waals surface area contributed by atoms with Crippen LogP contribution in [0.15, 0.2) is 34.9 Å². The van der Waals surface area contributed by atoms with Gasteiger partial charge in [-0.15, -0.1) is 0 Å². The number of ether oxygens (including phenoxy) is 2. The van der Waals surface area contributed by atoms with E-state index in [0.717, 1.165) is 5.57 Å². The quantitative estimate of drug-likeness (QED) is 0.227. The normalized spacial score (nSPS) is 39.9. The molecule has 4 rings (SSSR count). The van der Waals surface area contributed by atoms with Crippen LogP contribution in [0.4, 0.5) is 0 Å². The number of carbonyl (C=O) groups excluding carboxylic acids is 4. The lowest BCUT2D eigenvalue weighted by Gasteiger charge is -2.66. The molecule has 0 radical (unpaired) electrons. The Morgan fingerprint density at radius 2 is 1.74 bits per heavy atom. The van der Waals surface area contributed by atoms with E-state index in [1.54, 1.807) is 19.9 Å². The van der Waals surface area contributed by atoms with E-state index in [9.17, 15) is 29.1 Å². The Morgan fingerprint density at radius 1 is 1.07 bits per heavy atom. The van der Waals surface area contributed by atoms with Crippen molar-refractivity contribution >= 4 is 29.5 Å². The van der Waals surface area contributed by atoms with Gasteiger partial charge in [-0.05, 0) is 80.3 Å². The number of hydrogen-bond acceptors (Lipinski definition) is 7. The monoisotopic (exact) mass is 582 g/mol. The Kier molecular flexibility index (Phi) is 8.53. The van der Waals surface area contributed by atoms with E-state index >= 15 is 0 Å². The van der Waals surface area contributed by atoms with Crippen LogP contribution in [0.1, 0.15) is 93.9 Å². The molecule has 0 bridgehead atoms. The maximum absolute atomic E-state index is 14.8. The summed E-state index contributed by atoms with van der Waals surface area (Å²) in [6.45, 7) is 14.7. The van der Waals surface area contributed by atoms with Crippen LogP contribution in [-0.4, -0.2) is 46.8 Å². The number of rotatable bonds is 7. The lowest BCUT2D eigenvalue weighted by Crippen LogP contribution is -2.69. The molecule has 8 heteroatoms. The van der Waals surface area contributed by atoms with Gasteiger partial charge in [0.1, 0.15) is 6.10 Å². The third kappa shape index (κ3) is 4.79. The SMILES string of the molecule is CCC(=O)O[C@H]1C[C@@]2(C)[C@@H](CC[C@H]3[C@@]4(C)C=CC(=O)[C@@H](C)[C@@H]4[C@H](OC(C)=O)C(=O)[C@@]32C)/C1=C(\CCC=C(C)C)C(=O)O. The molecule has 0 aliphatic heterocycles. The smallest absolute Gasteiger partial charge is 0.331 e. The van der Waals surface area contributed by atoms with E-state index in [0.29, 0.717) is 31.3 Å². The van der Waals surface area contributed by atoms with E-state index in [-0.39, 0.29) is 41.8 Å². The molecule has 8 nitrogen and oxygen atoms in total. The summed E-state index contributed by atoms with van der Waals surface area (Å²) in [6.07, 6.45) is 6.13. The van der Waals surface area contributed by atoms with Gasteiger partial charge < -0.3 is 14.6 Å². The largest absolute Gasteiger partial charge is 0.478 e. The second-order valence-corrected chi connectivity index (χ2v) is 13.7. The Labute approximate surface area is 249 Å². The van der Waals surface area contributed by atoms with Gasteiger partial charge in [-0.3, -0.25) is 19.2 Å². The van der Waals surface area contributed by atoms with Crippen molar-refractivity contribution in [2.75, 3.05) is 0 Å². The maximum atomic E-state index is 14.8. The number of allylic oxidation sites excluding steroid dienone is 4. The van der Waals surface area contributed by atoms with Gasteiger partial charge in [-0.1, -0.05) is 52.3 Å². The molecule has 4 aliphatic rings. The number of hydrogen-bond donors (Lipinski definition) is 1. The molecule has 9 atom stereocenters. The molecule has 3 saturated carbocycles. The first-order chi connectivity index (χ1) is 19.5. The van der Waals surface area contributed by atoms with Crippen molar-refractivity contribution in [2.24, 2.45) is 39.9 Å². The number of carboxylic acids is 1. The fourth-order valence-corrected chi connectivity index (χ4v) is 9.23. The predicted molar refractivity (Wildman–Crippen MR) is 156 cm³/mol. The summed E-state index contributed by atoms with van der Waals surface area (Å²) in [5.74, 6) is -3.88. The first kappa shape index (κ1) is 31.9. The van der Waals surface area contributed by atoms with Crippen LogP contribution >= 0.6 is 0 Å². The third-order valence-corrected chi connectivity index (χ3v) is 11.3. The fraction of sp³-hybridized carbons (Fsp3) is 0.676. The zero-order chi connectivity index (χ0) is 31.4. The summed E-state index contributed by atoms with van der Waals surface area (Å²) in [4.78, 5) is 65.4. The van der Waals surface area contributed by atoms with Crippen LogP contribution < -0.4 is 0 Å². The first-order valence-electron chi connectivity index (χ1n) is 15.3. The van der Waals surface area contributed by atoms with E-state index in [2.05, 4.69) is 6.92 Å². The molecule has 0 spiro atoms. The molecule has 0 aromatic carbocycles. The number of carboxylic acid groups (broad SMARTS) is 1. The number of carbonyl (C=O) groups is 5. The molecule has 0 unspecified atom stereocenters. The van der Waals surface area contributed by atoms with Crippen LogP contribution in [-0.2, 0) is 33.4 Å². The van der Waals surface area contributed by atoms with Crippen LogP contribution in [0.5, 0.6) is 0 Å². The van der Waals surface area contributed by atoms with Crippen molar-refractivity contribution < 1.29 is 38.6 Å². The summed E-state index contributed by atoms with van der Waals surface area (Å²) in [6, 6.07) is 0. The lowest BCUT2D eigenvalue weighted by atomic mass is 9.37. The molecule has 230 valence electrons. The van der Waals surface area contributed by atoms with Crippen molar-refractivity contribution in [3.8, 4) is 0 Å². The minimum atomic E-state index is -1.12. The first-order valence-corrected chi connectivity index (χ1v) is 15.3. The van der Waals surface area contributed by atoms with Gasteiger partial charge in [-0.2, -0.15) is 0 Å². The summed E-state index contributed by atoms with van der Waals surface area (Å²) >= 11 is 0. The highest BCUT2D eigenvalue weighted by Gasteiger charge is 2.74. The van der Waals surface area contributed by atoms with E-state index in [4.69, 9.17) is 9.47 Å². The highest BCUT2D eigenvalue weighted by molar-refractivity contribution is 5.98. The second kappa shape index (κ2) is 11.2. The number of esters is 2. The number of ketones is 2. The van der Waals surface area contributed by atoms with Crippen molar-refractivity contribution in [1.82, 2.24) is 0 Å². The standard InChI is InChI=1S/C34H46O8/c1-9-26(37)42-24-17-33(7)22(27(24)21(31(39)40)12-10-11-18(2)3)13-14-25-32(6)16-15-23(36)19(4)28(32)29(41-20(5)35)30(38)34(25,33)8/h11,15-16,19,22,24-25,28-29H,9-10,12-14,17H2,1-8H3,(H,39,40)/b27-21-/t19-,22+,24+,25+,28-,29+,32-,33+,34-/m1/s1. The van der Waals surface area contributed by atoms with Gasteiger partial charge in [0.05, 0.1) is 0 Å². The van der Waals surface area contributed by atoms with Crippen molar-refractivity contribution in [2.45, 2.75) is 106 Å². The summed E-state index contributed by atoms with van der Waals surface area (Å²) in [5, 5.41) is 10.4. The Bertz CT molecular complexity index is 1280. The van der Waals surface area contributed by atoms with Crippen molar-refractivity contribution in [1.29, 1.82) is 0 Å². The Hall–Kier alpha value is -3.03. The van der Waals surface area contributed by atoms with Gasteiger partial charge in [0.2, 0.25) is 0 Å². The molecule has 0 heterocycles. The fourth-order valence-electron chi connectivity index (χ4n) is 9.23. The average molecular weight is 583 g/mol. The molecule has 0 saturated heterocycles. The summed E-state index contributed by atoms with van der Waals surface area (Å²) in [5.41, 5.74) is -0.510. The van der Waals surface area contributed by atoms with Crippen LogP contribution in [0.2, 0.25) is 0 Å². The van der Waals surface area contributed by atoms with E-state index in [1.807, 2.05) is 39.8 Å². The average Bonchev–Trinajstić information content (AvgIpc) is 3.19. The van der Waals surface area contributed by atoms with Gasteiger partial charge in [0, 0.05) is 36.2 Å². The lowest BCUT2D eigenvalue weighted by molar-refractivity contribution is -0.207. The van der Waals surface area contributed by atoms with Gasteiger partial charge in [0.15, 0.2) is 17.7 Å². The number of aliphatic carboxylic acids is 1. The Balaban J connectivity index is 1.93. The highest BCUT2D eigenvalue weighted by atomic mass is 16.5. The molecule has 1 N–H and O–H groups in total. The van der Waals surface area contributed by atoms with Crippen LogP contribution in [0.25, 0.3) is 0 Å². The minimum Gasteiger partial charge on any atom is -0.478 e.